The Morgan fingerprint density at radius 1 is 1.04 bits per heavy atom. The van der Waals surface area contributed by atoms with Crippen LogP contribution in [-0.4, -0.2) is 6.61 Å². The van der Waals surface area contributed by atoms with Gasteiger partial charge in [-0.2, -0.15) is 0 Å². The monoisotopic (exact) mass is 390 g/mol. The van der Waals surface area contributed by atoms with Crippen molar-refractivity contribution in [3.63, 3.8) is 0 Å². The van der Waals surface area contributed by atoms with Gasteiger partial charge >= 0.3 is 0 Å². The first-order valence-electron chi connectivity index (χ1n) is 6.77. The SMILES string of the molecule is Cc1ccccc1COc1c(Cl)cc(OCC=C(Cl)Cl)cc1Cl. The molecule has 23 heavy (non-hydrogen) atoms. The predicted octanol–water partition coefficient (Wildman–Crippen LogP) is 6.58. The van der Waals surface area contributed by atoms with Crippen molar-refractivity contribution in [2.45, 2.75) is 13.5 Å². The topological polar surface area (TPSA) is 18.5 Å². The maximum absolute atomic E-state index is 6.23. The summed E-state index contributed by atoms with van der Waals surface area (Å²) < 4.78 is 11.3. The second-order valence-corrected chi connectivity index (χ2v) is 6.56. The first kappa shape index (κ1) is 18.3. The molecule has 0 atom stereocenters. The molecule has 0 amide bonds. The lowest BCUT2D eigenvalue weighted by Crippen LogP contribution is -2.00. The Balaban J connectivity index is 2.08. The fraction of sp³-hybridized carbons (Fsp3) is 0.176. The Hall–Kier alpha value is -1.06. The maximum Gasteiger partial charge on any atom is 0.157 e. The molecule has 0 saturated carbocycles. The van der Waals surface area contributed by atoms with Crippen LogP contribution >= 0.6 is 46.4 Å². The smallest absolute Gasteiger partial charge is 0.157 e. The third kappa shape index (κ3) is 5.50. The van der Waals surface area contributed by atoms with Crippen LogP contribution < -0.4 is 9.47 Å². The lowest BCUT2D eigenvalue weighted by Gasteiger charge is -2.13. The van der Waals surface area contributed by atoms with Gasteiger partial charge in [-0.15, -0.1) is 0 Å². The summed E-state index contributed by atoms with van der Waals surface area (Å²) in [6.07, 6.45) is 1.52. The molecule has 0 aliphatic heterocycles. The summed E-state index contributed by atoms with van der Waals surface area (Å²) in [5.41, 5.74) is 2.21. The van der Waals surface area contributed by atoms with E-state index in [1.54, 1.807) is 12.1 Å². The molecular weight excluding hydrogens is 378 g/mol. The van der Waals surface area contributed by atoms with E-state index in [4.69, 9.17) is 55.9 Å². The minimum atomic E-state index is 0.139. The van der Waals surface area contributed by atoms with E-state index in [0.717, 1.165) is 11.1 Å². The number of ether oxygens (including phenoxy) is 2. The molecule has 2 nitrogen and oxygen atoms in total. The van der Waals surface area contributed by atoms with Crippen LogP contribution in [0.4, 0.5) is 0 Å². The average Bonchev–Trinajstić information content (AvgIpc) is 2.48. The predicted molar refractivity (Wildman–Crippen MR) is 97.3 cm³/mol. The van der Waals surface area contributed by atoms with Gasteiger partial charge in [0.1, 0.15) is 23.5 Å². The minimum Gasteiger partial charge on any atom is -0.489 e. The molecule has 2 rings (SSSR count). The van der Waals surface area contributed by atoms with Crippen molar-refractivity contribution in [2.24, 2.45) is 0 Å². The zero-order chi connectivity index (χ0) is 16.8. The third-order valence-corrected chi connectivity index (χ3v) is 3.96. The molecule has 0 spiro atoms. The van der Waals surface area contributed by atoms with Gasteiger partial charge in [0.15, 0.2) is 5.75 Å². The molecule has 122 valence electrons. The van der Waals surface area contributed by atoms with Gasteiger partial charge in [-0.3, -0.25) is 0 Å². The Morgan fingerprint density at radius 3 is 2.30 bits per heavy atom. The van der Waals surface area contributed by atoms with Gasteiger partial charge in [-0.05, 0) is 24.1 Å². The minimum absolute atomic E-state index is 0.139. The van der Waals surface area contributed by atoms with Gasteiger partial charge in [0.2, 0.25) is 0 Å². The normalized spacial score (nSPS) is 10.3. The van der Waals surface area contributed by atoms with Crippen LogP contribution in [0, 0.1) is 6.92 Å². The van der Waals surface area contributed by atoms with Gasteiger partial charge in [0.25, 0.3) is 0 Å². The Bertz CT molecular complexity index is 686. The molecule has 0 heterocycles. The van der Waals surface area contributed by atoms with E-state index in [1.807, 2.05) is 31.2 Å². The Labute approximate surface area is 155 Å². The van der Waals surface area contributed by atoms with Gasteiger partial charge in [0.05, 0.1) is 10.0 Å². The lowest BCUT2D eigenvalue weighted by atomic mass is 10.1. The fourth-order valence-corrected chi connectivity index (χ4v) is 2.58. The molecule has 0 aromatic heterocycles. The van der Waals surface area contributed by atoms with E-state index in [9.17, 15) is 0 Å². The molecular formula is C17H14Cl4O2. The van der Waals surface area contributed by atoms with Crippen LogP contribution in [0.1, 0.15) is 11.1 Å². The van der Waals surface area contributed by atoms with E-state index >= 15 is 0 Å². The third-order valence-electron chi connectivity index (χ3n) is 3.09. The van der Waals surface area contributed by atoms with Crippen molar-refractivity contribution in [2.75, 3.05) is 6.61 Å². The number of hydrogen-bond donors (Lipinski definition) is 0. The molecule has 0 saturated heterocycles. The Kier molecular flexibility index (Phi) is 6.91. The molecule has 0 N–H and O–H groups in total. The van der Waals surface area contributed by atoms with Crippen LogP contribution in [0.3, 0.4) is 0 Å². The molecule has 0 radical (unpaired) electrons. The highest BCUT2D eigenvalue weighted by molar-refractivity contribution is 6.55. The number of halogens is 4. The molecule has 0 aliphatic rings. The van der Waals surface area contributed by atoms with E-state index in [2.05, 4.69) is 0 Å². The number of aryl methyl sites for hydroxylation is 1. The highest BCUT2D eigenvalue weighted by Crippen LogP contribution is 2.37. The van der Waals surface area contributed by atoms with Crippen molar-refractivity contribution in [3.8, 4) is 11.5 Å². The number of rotatable bonds is 6. The second kappa shape index (κ2) is 8.70. The van der Waals surface area contributed by atoms with Crippen molar-refractivity contribution in [1.29, 1.82) is 0 Å². The van der Waals surface area contributed by atoms with Gasteiger partial charge in [-0.25, -0.2) is 0 Å². The zero-order valence-electron chi connectivity index (χ0n) is 12.3. The molecule has 0 unspecified atom stereocenters. The average molecular weight is 392 g/mol. The number of hydrogen-bond acceptors (Lipinski definition) is 2. The highest BCUT2D eigenvalue weighted by Gasteiger charge is 2.11. The van der Waals surface area contributed by atoms with E-state index in [-0.39, 0.29) is 11.1 Å². The molecule has 0 bridgehead atoms. The molecule has 0 fully saturated rings. The highest BCUT2D eigenvalue weighted by atomic mass is 35.5. The largest absolute Gasteiger partial charge is 0.489 e. The summed E-state index contributed by atoms with van der Waals surface area (Å²) in [5.74, 6) is 0.934. The molecule has 0 aliphatic carbocycles. The van der Waals surface area contributed by atoms with Crippen LogP contribution in [0.25, 0.3) is 0 Å². The van der Waals surface area contributed by atoms with Crippen LogP contribution in [0.2, 0.25) is 10.0 Å². The first-order valence-corrected chi connectivity index (χ1v) is 8.29. The lowest BCUT2D eigenvalue weighted by molar-refractivity contribution is 0.304. The maximum atomic E-state index is 6.23. The van der Waals surface area contributed by atoms with Crippen molar-refractivity contribution >= 4 is 46.4 Å². The summed E-state index contributed by atoms with van der Waals surface area (Å²) in [4.78, 5) is 0. The van der Waals surface area contributed by atoms with E-state index in [1.165, 1.54) is 6.08 Å². The molecule has 2 aromatic carbocycles. The van der Waals surface area contributed by atoms with Crippen molar-refractivity contribution in [1.82, 2.24) is 0 Å². The second-order valence-electron chi connectivity index (χ2n) is 4.74. The zero-order valence-corrected chi connectivity index (χ0v) is 15.3. The summed E-state index contributed by atoms with van der Waals surface area (Å²) in [7, 11) is 0. The molecule has 2 aromatic rings. The summed E-state index contributed by atoms with van der Waals surface area (Å²) >= 11 is 23.5. The van der Waals surface area contributed by atoms with Crippen LogP contribution in [0.15, 0.2) is 47.0 Å². The van der Waals surface area contributed by atoms with Crippen LogP contribution in [-0.2, 0) is 6.61 Å². The quantitative estimate of drug-likeness (QED) is 0.553. The van der Waals surface area contributed by atoms with Crippen molar-refractivity contribution in [3.05, 3.63) is 68.1 Å². The van der Waals surface area contributed by atoms with E-state index < -0.39 is 0 Å². The Morgan fingerprint density at radius 2 is 1.70 bits per heavy atom. The van der Waals surface area contributed by atoms with Gasteiger partial charge in [-0.1, -0.05) is 70.7 Å². The van der Waals surface area contributed by atoms with Gasteiger partial charge in [0, 0.05) is 12.1 Å². The van der Waals surface area contributed by atoms with Gasteiger partial charge < -0.3 is 9.47 Å². The number of benzene rings is 2. The van der Waals surface area contributed by atoms with Crippen molar-refractivity contribution < 1.29 is 9.47 Å². The first-order chi connectivity index (χ1) is 11.0. The molecule has 6 heteroatoms. The summed E-state index contributed by atoms with van der Waals surface area (Å²) in [6.45, 7) is 2.63. The standard InChI is InChI=1S/C17H14Cl4O2/c1-11-4-2-3-5-12(11)10-23-17-14(18)8-13(9-15(17)19)22-7-6-16(20)21/h2-6,8-9H,7,10H2,1H3. The van der Waals surface area contributed by atoms with E-state index in [0.29, 0.717) is 28.2 Å². The summed E-state index contributed by atoms with van der Waals surface area (Å²) in [6, 6.07) is 11.2. The fourth-order valence-electron chi connectivity index (χ4n) is 1.88. The van der Waals surface area contributed by atoms with Crippen LogP contribution in [0.5, 0.6) is 11.5 Å². The summed E-state index contributed by atoms with van der Waals surface area (Å²) in [5, 5.41) is 0.754.